The molecule has 2 heterocycles. The van der Waals surface area contributed by atoms with Crippen molar-refractivity contribution in [3.8, 4) is 21.7 Å². The monoisotopic (exact) mass is 391 g/mol. The van der Waals surface area contributed by atoms with Crippen molar-refractivity contribution in [2.45, 2.75) is 26.2 Å². The van der Waals surface area contributed by atoms with Crippen molar-refractivity contribution in [1.82, 2.24) is 4.98 Å². The van der Waals surface area contributed by atoms with E-state index in [-0.39, 0.29) is 5.41 Å². The van der Waals surface area contributed by atoms with Gasteiger partial charge in [0.25, 0.3) is 0 Å². The highest BCUT2D eigenvalue weighted by molar-refractivity contribution is 7.22. The number of benzene rings is 3. The van der Waals surface area contributed by atoms with Gasteiger partial charge >= 0.3 is 0 Å². The molecular weight excluding hydrogens is 370 g/mol. The quantitative estimate of drug-likeness (QED) is 0.285. The van der Waals surface area contributed by atoms with Gasteiger partial charge in [-0.2, -0.15) is 0 Å². The van der Waals surface area contributed by atoms with Gasteiger partial charge in [0, 0.05) is 25.9 Å². The van der Waals surface area contributed by atoms with E-state index in [1.54, 1.807) is 0 Å². The van der Waals surface area contributed by atoms with E-state index in [4.69, 9.17) is 4.98 Å². The van der Waals surface area contributed by atoms with Crippen molar-refractivity contribution in [1.29, 1.82) is 0 Å². The summed E-state index contributed by atoms with van der Waals surface area (Å²) in [6.07, 6.45) is 0. The predicted molar refractivity (Wildman–Crippen MR) is 125 cm³/mol. The molecule has 0 saturated heterocycles. The van der Waals surface area contributed by atoms with Gasteiger partial charge in [-0.05, 0) is 53.3 Å². The normalized spacial score (nSPS) is 14.3. The topological polar surface area (TPSA) is 12.9 Å². The molecule has 2 aromatic heterocycles. The maximum atomic E-state index is 5.04. The molecule has 0 amide bonds. The second kappa shape index (κ2) is 5.77. The molecule has 29 heavy (non-hydrogen) atoms. The Balaban J connectivity index is 1.63. The van der Waals surface area contributed by atoms with Crippen molar-refractivity contribution < 1.29 is 0 Å². The van der Waals surface area contributed by atoms with Crippen molar-refractivity contribution >= 4 is 32.3 Å². The Morgan fingerprint density at radius 1 is 0.793 bits per heavy atom. The van der Waals surface area contributed by atoms with Crippen LogP contribution in [0.4, 0.5) is 0 Å². The number of hydrogen-bond donors (Lipinski definition) is 0. The van der Waals surface area contributed by atoms with Crippen LogP contribution in [-0.2, 0) is 5.41 Å². The van der Waals surface area contributed by atoms with E-state index < -0.39 is 0 Å². The smallest absolute Gasteiger partial charge is 0.0713 e. The number of nitrogens with zero attached hydrogens (tertiary/aromatic N) is 1. The lowest BCUT2D eigenvalue weighted by Crippen LogP contribution is -2.16. The van der Waals surface area contributed by atoms with Gasteiger partial charge in [-0.25, -0.2) is 4.98 Å². The van der Waals surface area contributed by atoms with Crippen molar-refractivity contribution in [2.75, 3.05) is 0 Å². The highest BCUT2D eigenvalue weighted by atomic mass is 32.1. The van der Waals surface area contributed by atoms with E-state index in [9.17, 15) is 0 Å². The Morgan fingerprint density at radius 2 is 1.62 bits per heavy atom. The summed E-state index contributed by atoms with van der Waals surface area (Å²) < 4.78 is 1.38. The molecule has 1 aliphatic rings. The van der Waals surface area contributed by atoms with Crippen LogP contribution in [0.15, 0.2) is 72.8 Å². The van der Waals surface area contributed by atoms with Gasteiger partial charge < -0.3 is 0 Å². The van der Waals surface area contributed by atoms with Gasteiger partial charge in [-0.1, -0.05) is 67.9 Å². The lowest BCUT2D eigenvalue weighted by atomic mass is 9.78. The second-order valence-electron chi connectivity index (χ2n) is 8.55. The zero-order valence-electron chi connectivity index (χ0n) is 16.8. The third-order valence-corrected chi connectivity index (χ3v) is 7.48. The minimum Gasteiger partial charge on any atom is -0.248 e. The molecule has 0 bridgehead atoms. The van der Waals surface area contributed by atoms with Gasteiger partial charge in [0.15, 0.2) is 0 Å². The molecular formula is C27H21NS. The second-order valence-corrected chi connectivity index (χ2v) is 9.60. The summed E-state index contributed by atoms with van der Waals surface area (Å²) in [5, 5.41) is 2.59. The highest BCUT2D eigenvalue weighted by Gasteiger charge is 2.40. The van der Waals surface area contributed by atoms with Crippen LogP contribution in [0.25, 0.3) is 42.7 Å². The maximum Gasteiger partial charge on any atom is 0.0713 e. The summed E-state index contributed by atoms with van der Waals surface area (Å²) in [7, 11) is 0. The molecule has 0 aliphatic heterocycles. The first-order chi connectivity index (χ1) is 14.0. The lowest BCUT2D eigenvalue weighted by molar-refractivity contribution is 0.668. The van der Waals surface area contributed by atoms with Crippen LogP contribution in [-0.4, -0.2) is 4.98 Å². The largest absolute Gasteiger partial charge is 0.248 e. The van der Waals surface area contributed by atoms with Gasteiger partial charge in [-0.3, -0.25) is 0 Å². The van der Waals surface area contributed by atoms with Crippen molar-refractivity contribution in [2.24, 2.45) is 0 Å². The van der Waals surface area contributed by atoms with Crippen LogP contribution in [0, 0.1) is 6.92 Å². The minimum absolute atomic E-state index is 0.0508. The molecule has 0 unspecified atom stereocenters. The number of hydrogen-bond acceptors (Lipinski definition) is 2. The van der Waals surface area contributed by atoms with E-state index in [1.807, 2.05) is 11.3 Å². The first-order valence-corrected chi connectivity index (χ1v) is 10.9. The molecule has 2 heteroatoms. The van der Waals surface area contributed by atoms with Gasteiger partial charge in [0.05, 0.1) is 11.2 Å². The third kappa shape index (κ3) is 2.30. The SMILES string of the molecule is Cc1ccc2nc(-c3cccc4c3C(C)(C)c3c-4sc4ccccc34)ccc2c1. The first-order valence-electron chi connectivity index (χ1n) is 10.1. The standard InChI is InChI=1S/C27H21NS/c1-16-11-13-21-17(15-16)12-14-22(28-21)18-8-6-9-20-24(18)27(2,3)25-19-7-4-5-10-23(19)29-26(20)25/h4-15H,1-3H3. The summed E-state index contributed by atoms with van der Waals surface area (Å²) in [4.78, 5) is 6.46. The molecule has 1 nitrogen and oxygen atoms in total. The Kier molecular flexibility index (Phi) is 3.37. The predicted octanol–water partition coefficient (Wildman–Crippen LogP) is 7.73. The van der Waals surface area contributed by atoms with Crippen LogP contribution in [0.3, 0.4) is 0 Å². The third-order valence-electron chi connectivity index (χ3n) is 6.28. The number of aromatic nitrogens is 1. The number of fused-ring (bicyclic) bond motifs is 6. The molecule has 140 valence electrons. The maximum absolute atomic E-state index is 5.04. The number of aryl methyl sites for hydroxylation is 1. The minimum atomic E-state index is -0.0508. The first kappa shape index (κ1) is 16.9. The zero-order valence-corrected chi connectivity index (χ0v) is 17.6. The average molecular weight is 392 g/mol. The fourth-order valence-corrected chi connectivity index (χ4v) is 6.40. The van der Waals surface area contributed by atoms with Crippen LogP contribution in [0.1, 0.15) is 30.5 Å². The Labute approximate surface area is 174 Å². The number of pyridine rings is 1. The molecule has 6 rings (SSSR count). The number of thiophene rings is 1. The Hall–Kier alpha value is -2.97. The summed E-state index contributed by atoms with van der Waals surface area (Å²) >= 11 is 1.92. The van der Waals surface area contributed by atoms with E-state index in [0.717, 1.165) is 11.2 Å². The summed E-state index contributed by atoms with van der Waals surface area (Å²) in [5.74, 6) is 0. The van der Waals surface area contributed by atoms with Crippen molar-refractivity contribution in [3.63, 3.8) is 0 Å². The van der Waals surface area contributed by atoms with E-state index >= 15 is 0 Å². The van der Waals surface area contributed by atoms with Gasteiger partial charge in [0.1, 0.15) is 0 Å². The molecule has 0 atom stereocenters. The number of rotatable bonds is 1. The Bertz CT molecular complexity index is 1440. The summed E-state index contributed by atoms with van der Waals surface area (Å²) in [5.41, 5.74) is 8.84. The molecule has 3 aromatic carbocycles. The fourth-order valence-electron chi connectivity index (χ4n) is 5.00. The van der Waals surface area contributed by atoms with Crippen LogP contribution < -0.4 is 0 Å². The molecule has 0 fully saturated rings. The molecule has 5 aromatic rings. The van der Waals surface area contributed by atoms with E-state index in [0.29, 0.717) is 0 Å². The fraction of sp³-hybridized carbons (Fsp3) is 0.148. The van der Waals surface area contributed by atoms with Gasteiger partial charge in [0.2, 0.25) is 0 Å². The molecule has 0 radical (unpaired) electrons. The molecule has 0 N–H and O–H groups in total. The van der Waals surface area contributed by atoms with Crippen LogP contribution in [0.2, 0.25) is 0 Å². The average Bonchev–Trinajstić information content (AvgIpc) is 3.22. The zero-order chi connectivity index (χ0) is 19.8. The Morgan fingerprint density at radius 3 is 2.52 bits per heavy atom. The van der Waals surface area contributed by atoms with E-state index in [1.165, 1.54) is 48.2 Å². The summed E-state index contributed by atoms with van der Waals surface area (Å²) in [6.45, 7) is 6.86. The van der Waals surface area contributed by atoms with Crippen molar-refractivity contribution in [3.05, 3.63) is 89.5 Å². The molecule has 0 spiro atoms. The van der Waals surface area contributed by atoms with Crippen LogP contribution in [0.5, 0.6) is 0 Å². The molecule has 1 aliphatic carbocycles. The molecule has 0 saturated carbocycles. The van der Waals surface area contributed by atoms with E-state index in [2.05, 4.69) is 93.6 Å². The summed E-state index contributed by atoms with van der Waals surface area (Å²) in [6, 6.07) is 26.4. The highest BCUT2D eigenvalue weighted by Crippen LogP contribution is 2.57. The van der Waals surface area contributed by atoms with Crippen LogP contribution >= 0.6 is 11.3 Å². The lowest BCUT2D eigenvalue weighted by Gasteiger charge is -2.24. The van der Waals surface area contributed by atoms with Gasteiger partial charge in [-0.15, -0.1) is 11.3 Å².